The Morgan fingerprint density at radius 2 is 2.25 bits per heavy atom. The van der Waals surface area contributed by atoms with Crippen LogP contribution in [0.1, 0.15) is 30.9 Å². The van der Waals surface area contributed by atoms with Gasteiger partial charge in [-0.2, -0.15) is 0 Å². The molecule has 16 heavy (non-hydrogen) atoms. The van der Waals surface area contributed by atoms with Gasteiger partial charge in [0.2, 0.25) is 5.95 Å². The van der Waals surface area contributed by atoms with Crippen molar-refractivity contribution in [2.24, 2.45) is 0 Å². The molecule has 4 heteroatoms. The molecule has 0 atom stereocenters. The summed E-state index contributed by atoms with van der Waals surface area (Å²) >= 11 is 0. The van der Waals surface area contributed by atoms with Gasteiger partial charge in [0.25, 0.3) is 0 Å². The predicted molar refractivity (Wildman–Crippen MR) is 63.0 cm³/mol. The first-order valence-electron chi connectivity index (χ1n) is 5.67. The first-order chi connectivity index (χ1) is 7.79. The van der Waals surface area contributed by atoms with Gasteiger partial charge in [0.05, 0.1) is 17.6 Å². The molecule has 1 aromatic carbocycles. The minimum atomic E-state index is 0.0612. The average molecular weight is 217 g/mol. The van der Waals surface area contributed by atoms with E-state index in [1.54, 1.807) is 0 Å². The lowest BCUT2D eigenvalue weighted by Crippen LogP contribution is -2.18. The number of nitrogens with two attached hydrogens (primary N) is 1. The van der Waals surface area contributed by atoms with E-state index in [2.05, 4.69) is 9.55 Å². The van der Waals surface area contributed by atoms with Crippen molar-refractivity contribution >= 4 is 17.0 Å². The standard InChI is InChI=1S/C12H15N3O/c13-12-14-10-5-4-8(7-16)6-11(10)15(12)9-2-1-3-9/h4-6,9,16H,1-3,7H2,(H2,13,14). The molecule has 3 rings (SSSR count). The van der Waals surface area contributed by atoms with Gasteiger partial charge in [0, 0.05) is 6.04 Å². The largest absolute Gasteiger partial charge is 0.392 e. The van der Waals surface area contributed by atoms with Crippen molar-refractivity contribution in [3.05, 3.63) is 23.8 Å². The maximum atomic E-state index is 9.14. The molecular formula is C12H15N3O. The molecule has 1 aliphatic rings. The highest BCUT2D eigenvalue weighted by atomic mass is 16.3. The number of nitrogen functional groups attached to an aromatic ring is 1. The van der Waals surface area contributed by atoms with E-state index >= 15 is 0 Å². The van der Waals surface area contributed by atoms with Crippen molar-refractivity contribution < 1.29 is 5.11 Å². The molecule has 0 aliphatic heterocycles. The fourth-order valence-corrected chi connectivity index (χ4v) is 2.28. The van der Waals surface area contributed by atoms with Gasteiger partial charge in [-0.3, -0.25) is 0 Å². The van der Waals surface area contributed by atoms with Gasteiger partial charge in [-0.1, -0.05) is 6.07 Å². The van der Waals surface area contributed by atoms with Gasteiger partial charge in [-0.05, 0) is 37.0 Å². The molecule has 0 saturated heterocycles. The van der Waals surface area contributed by atoms with Crippen molar-refractivity contribution in [2.75, 3.05) is 5.73 Å². The van der Waals surface area contributed by atoms with Crippen molar-refractivity contribution in [2.45, 2.75) is 31.9 Å². The molecule has 1 aromatic heterocycles. The lowest BCUT2D eigenvalue weighted by atomic mass is 9.92. The Labute approximate surface area is 93.7 Å². The maximum Gasteiger partial charge on any atom is 0.201 e. The summed E-state index contributed by atoms with van der Waals surface area (Å²) in [5.74, 6) is 0.592. The Kier molecular flexibility index (Phi) is 2.11. The normalized spacial score (nSPS) is 16.6. The molecule has 1 aliphatic carbocycles. The molecule has 3 N–H and O–H groups in total. The van der Waals surface area contributed by atoms with Crippen molar-refractivity contribution in [3.8, 4) is 0 Å². The molecule has 0 unspecified atom stereocenters. The first kappa shape index (κ1) is 9.66. The van der Waals surface area contributed by atoms with Crippen LogP contribution in [0.5, 0.6) is 0 Å². The number of rotatable bonds is 2. The topological polar surface area (TPSA) is 64.1 Å². The molecule has 1 fully saturated rings. The van der Waals surface area contributed by atoms with Crippen LogP contribution >= 0.6 is 0 Å². The highest BCUT2D eigenvalue weighted by molar-refractivity contribution is 5.79. The van der Waals surface area contributed by atoms with E-state index < -0.39 is 0 Å². The number of aliphatic hydroxyl groups is 1. The Bertz CT molecular complexity index is 528. The molecule has 1 heterocycles. The zero-order chi connectivity index (χ0) is 11.1. The summed E-state index contributed by atoms with van der Waals surface area (Å²) in [6.45, 7) is 0.0612. The van der Waals surface area contributed by atoms with Crippen LogP contribution in [0.4, 0.5) is 5.95 Å². The zero-order valence-electron chi connectivity index (χ0n) is 9.06. The fraction of sp³-hybridized carbons (Fsp3) is 0.417. The van der Waals surface area contributed by atoms with Gasteiger partial charge in [0.15, 0.2) is 0 Å². The summed E-state index contributed by atoms with van der Waals surface area (Å²) in [6, 6.07) is 6.29. The summed E-state index contributed by atoms with van der Waals surface area (Å²) in [7, 11) is 0. The molecule has 0 radical (unpaired) electrons. The quantitative estimate of drug-likeness (QED) is 0.806. The third kappa shape index (κ3) is 1.30. The number of fused-ring (bicyclic) bond motifs is 1. The van der Waals surface area contributed by atoms with Crippen LogP contribution < -0.4 is 5.73 Å². The Morgan fingerprint density at radius 3 is 2.88 bits per heavy atom. The van der Waals surface area contributed by atoms with Crippen LogP contribution in [0.15, 0.2) is 18.2 Å². The van der Waals surface area contributed by atoms with Crippen LogP contribution in [0.25, 0.3) is 11.0 Å². The highest BCUT2D eigenvalue weighted by Crippen LogP contribution is 2.36. The van der Waals surface area contributed by atoms with Gasteiger partial charge in [0.1, 0.15) is 0 Å². The van der Waals surface area contributed by atoms with Crippen LogP contribution in [0, 0.1) is 0 Å². The van der Waals surface area contributed by atoms with E-state index in [4.69, 9.17) is 10.8 Å². The number of anilines is 1. The molecule has 84 valence electrons. The summed E-state index contributed by atoms with van der Waals surface area (Å²) < 4.78 is 2.11. The Hall–Kier alpha value is -1.55. The monoisotopic (exact) mass is 217 g/mol. The minimum Gasteiger partial charge on any atom is -0.392 e. The number of hydrogen-bond donors (Lipinski definition) is 2. The molecule has 0 amide bonds. The van der Waals surface area contributed by atoms with E-state index in [1.807, 2.05) is 18.2 Å². The highest BCUT2D eigenvalue weighted by Gasteiger charge is 2.23. The van der Waals surface area contributed by atoms with Crippen LogP contribution in [-0.4, -0.2) is 14.7 Å². The van der Waals surface area contributed by atoms with Gasteiger partial charge in [-0.25, -0.2) is 4.98 Å². The molecule has 0 spiro atoms. The van der Waals surface area contributed by atoms with E-state index in [9.17, 15) is 0 Å². The second-order valence-corrected chi connectivity index (χ2v) is 4.41. The summed E-state index contributed by atoms with van der Waals surface area (Å²) in [5, 5.41) is 9.14. The third-order valence-electron chi connectivity index (χ3n) is 3.40. The van der Waals surface area contributed by atoms with Crippen LogP contribution in [0.3, 0.4) is 0 Å². The number of imidazole rings is 1. The lowest BCUT2D eigenvalue weighted by molar-refractivity contribution is 0.282. The van der Waals surface area contributed by atoms with Crippen LogP contribution in [0.2, 0.25) is 0 Å². The summed E-state index contributed by atoms with van der Waals surface area (Å²) in [4.78, 5) is 4.35. The smallest absolute Gasteiger partial charge is 0.201 e. The number of aromatic nitrogens is 2. The number of nitrogens with zero attached hydrogens (tertiary/aromatic N) is 2. The van der Waals surface area contributed by atoms with E-state index in [-0.39, 0.29) is 6.61 Å². The van der Waals surface area contributed by atoms with Gasteiger partial charge < -0.3 is 15.4 Å². The Balaban J connectivity index is 2.19. The van der Waals surface area contributed by atoms with Gasteiger partial charge >= 0.3 is 0 Å². The molecular weight excluding hydrogens is 202 g/mol. The SMILES string of the molecule is Nc1nc2ccc(CO)cc2n1C1CCC1. The molecule has 4 nitrogen and oxygen atoms in total. The zero-order valence-corrected chi connectivity index (χ0v) is 9.06. The average Bonchev–Trinajstić information content (AvgIpc) is 2.53. The first-order valence-corrected chi connectivity index (χ1v) is 5.67. The summed E-state index contributed by atoms with van der Waals surface area (Å²) in [6.07, 6.45) is 3.63. The lowest BCUT2D eigenvalue weighted by Gasteiger charge is -2.28. The van der Waals surface area contributed by atoms with E-state index in [1.165, 1.54) is 19.3 Å². The minimum absolute atomic E-state index is 0.0612. The Morgan fingerprint density at radius 1 is 1.44 bits per heavy atom. The molecule has 1 saturated carbocycles. The number of hydrogen-bond acceptors (Lipinski definition) is 3. The van der Waals surface area contributed by atoms with E-state index in [0.717, 1.165) is 16.6 Å². The fourth-order valence-electron chi connectivity index (χ4n) is 2.28. The third-order valence-corrected chi connectivity index (χ3v) is 3.40. The second kappa shape index (κ2) is 3.49. The molecule has 2 aromatic rings. The van der Waals surface area contributed by atoms with Crippen molar-refractivity contribution in [1.82, 2.24) is 9.55 Å². The molecule has 0 bridgehead atoms. The number of benzene rings is 1. The van der Waals surface area contributed by atoms with Crippen molar-refractivity contribution in [3.63, 3.8) is 0 Å². The van der Waals surface area contributed by atoms with E-state index in [0.29, 0.717) is 12.0 Å². The predicted octanol–water partition coefficient (Wildman–Crippen LogP) is 1.84. The second-order valence-electron chi connectivity index (χ2n) is 4.41. The van der Waals surface area contributed by atoms with Gasteiger partial charge in [-0.15, -0.1) is 0 Å². The van der Waals surface area contributed by atoms with Crippen LogP contribution in [-0.2, 0) is 6.61 Å². The van der Waals surface area contributed by atoms with Crippen molar-refractivity contribution in [1.29, 1.82) is 0 Å². The maximum absolute atomic E-state index is 9.14. The number of aliphatic hydroxyl groups excluding tert-OH is 1. The summed E-state index contributed by atoms with van der Waals surface area (Å²) in [5.41, 5.74) is 8.82.